The van der Waals surface area contributed by atoms with Gasteiger partial charge in [0.1, 0.15) is 5.82 Å². The van der Waals surface area contributed by atoms with Crippen LogP contribution in [0.25, 0.3) is 6.08 Å². The van der Waals surface area contributed by atoms with Gasteiger partial charge in [0.2, 0.25) is 0 Å². The van der Waals surface area contributed by atoms with Gasteiger partial charge in [0, 0.05) is 37.1 Å². The van der Waals surface area contributed by atoms with Crippen molar-refractivity contribution in [3.05, 3.63) is 59.8 Å². The second-order valence-corrected chi connectivity index (χ2v) is 9.29. The summed E-state index contributed by atoms with van der Waals surface area (Å²) in [6, 6.07) is 14.3. The number of nitriles is 1. The van der Waals surface area contributed by atoms with E-state index >= 15 is 0 Å². The molecule has 4 rings (SSSR count). The van der Waals surface area contributed by atoms with Gasteiger partial charge < -0.3 is 15.3 Å². The number of pyridine rings is 1. The van der Waals surface area contributed by atoms with Gasteiger partial charge in [-0.3, -0.25) is 0 Å². The number of piperidine rings is 1. The molecule has 1 aliphatic heterocycles. The number of nitrogens with zero attached hydrogens (tertiary/aromatic N) is 3. The molecule has 6 nitrogen and oxygen atoms in total. The minimum absolute atomic E-state index is 0.398. The molecule has 1 aromatic carbocycles. The van der Waals surface area contributed by atoms with Gasteiger partial charge in [-0.2, -0.15) is 5.26 Å². The Hall–Kier alpha value is -3.33. The van der Waals surface area contributed by atoms with Crippen molar-refractivity contribution in [2.24, 2.45) is 11.8 Å². The lowest BCUT2D eigenvalue weighted by molar-refractivity contribution is -0.131. The second-order valence-electron chi connectivity index (χ2n) is 9.29. The number of hydrogen-bond acceptors (Lipinski definition) is 5. The van der Waals surface area contributed by atoms with Gasteiger partial charge in [0.25, 0.3) is 0 Å². The fraction of sp³-hybridized carbons (Fsp3) is 0.444. The summed E-state index contributed by atoms with van der Waals surface area (Å²) in [6.45, 7) is 2.15. The molecule has 6 heteroatoms. The van der Waals surface area contributed by atoms with E-state index in [1.807, 2.05) is 24.3 Å². The lowest BCUT2D eigenvalue weighted by Crippen LogP contribution is -2.39. The molecule has 0 amide bonds. The highest BCUT2D eigenvalue weighted by atomic mass is 16.4. The lowest BCUT2D eigenvalue weighted by Gasteiger charge is -2.39. The molecule has 1 saturated heterocycles. The molecule has 1 unspecified atom stereocenters. The highest BCUT2D eigenvalue weighted by molar-refractivity contribution is 5.85. The molecule has 3 atom stereocenters. The van der Waals surface area contributed by atoms with E-state index in [4.69, 9.17) is 10.4 Å². The second kappa shape index (κ2) is 11.0. The summed E-state index contributed by atoms with van der Waals surface area (Å²) in [7, 11) is 0. The Morgan fingerprint density at radius 1 is 1.18 bits per heavy atom. The first-order valence-electron chi connectivity index (χ1n) is 12.0. The van der Waals surface area contributed by atoms with Crippen molar-refractivity contribution >= 4 is 23.6 Å². The third-order valence-electron chi connectivity index (χ3n) is 6.96. The van der Waals surface area contributed by atoms with Crippen molar-refractivity contribution in [2.45, 2.75) is 51.0 Å². The topological polar surface area (TPSA) is 89.2 Å². The van der Waals surface area contributed by atoms with Crippen LogP contribution in [0.3, 0.4) is 0 Å². The van der Waals surface area contributed by atoms with Crippen LogP contribution in [-0.2, 0) is 4.79 Å². The third-order valence-corrected chi connectivity index (χ3v) is 6.96. The highest BCUT2D eigenvalue weighted by Gasteiger charge is 2.30. The lowest BCUT2D eigenvalue weighted by atomic mass is 9.77. The molecule has 1 aromatic heterocycles. The van der Waals surface area contributed by atoms with Crippen LogP contribution in [0, 0.1) is 23.2 Å². The minimum Gasteiger partial charge on any atom is -0.478 e. The van der Waals surface area contributed by atoms with E-state index in [0.29, 0.717) is 23.4 Å². The summed E-state index contributed by atoms with van der Waals surface area (Å²) in [6.07, 6.45) is 13.1. The zero-order chi connectivity index (χ0) is 23.0. The molecule has 0 radical (unpaired) electrons. The van der Waals surface area contributed by atoms with E-state index in [0.717, 1.165) is 37.0 Å². The Kier molecular flexibility index (Phi) is 7.62. The van der Waals surface area contributed by atoms with E-state index in [1.165, 1.54) is 44.2 Å². The monoisotopic (exact) mass is 444 g/mol. The summed E-state index contributed by atoms with van der Waals surface area (Å²) in [5.74, 6) is 1.16. The predicted octanol–water partition coefficient (Wildman–Crippen LogP) is 5.33. The molecular weight excluding hydrogens is 412 g/mol. The molecule has 0 spiro atoms. The van der Waals surface area contributed by atoms with Gasteiger partial charge >= 0.3 is 5.97 Å². The van der Waals surface area contributed by atoms with E-state index < -0.39 is 5.97 Å². The van der Waals surface area contributed by atoms with E-state index in [-0.39, 0.29) is 0 Å². The molecule has 2 fully saturated rings. The first kappa shape index (κ1) is 22.8. The number of carboxylic acids is 1. The van der Waals surface area contributed by atoms with Crippen LogP contribution in [0.2, 0.25) is 0 Å². The van der Waals surface area contributed by atoms with Crippen molar-refractivity contribution in [1.29, 1.82) is 5.26 Å². The smallest absolute Gasteiger partial charge is 0.328 e. The Bertz CT molecular complexity index is 1010. The molecule has 2 aromatic rings. The Morgan fingerprint density at radius 2 is 2.00 bits per heavy atom. The molecule has 2 aliphatic rings. The van der Waals surface area contributed by atoms with Crippen LogP contribution in [0.5, 0.6) is 0 Å². The van der Waals surface area contributed by atoms with E-state index in [9.17, 15) is 4.79 Å². The van der Waals surface area contributed by atoms with E-state index in [2.05, 4.69) is 33.4 Å². The first-order valence-corrected chi connectivity index (χ1v) is 12.0. The maximum atomic E-state index is 10.8. The van der Waals surface area contributed by atoms with Crippen LogP contribution >= 0.6 is 0 Å². The minimum atomic E-state index is -0.948. The van der Waals surface area contributed by atoms with Gasteiger partial charge in [0.15, 0.2) is 0 Å². The Balaban J connectivity index is 1.38. The fourth-order valence-corrected chi connectivity index (χ4v) is 5.33. The number of carboxylic acid groups (broad SMARTS) is 1. The predicted molar refractivity (Wildman–Crippen MR) is 131 cm³/mol. The summed E-state index contributed by atoms with van der Waals surface area (Å²) in [5, 5.41) is 21.6. The molecule has 172 valence electrons. The molecular formula is C27H32N4O2. The van der Waals surface area contributed by atoms with Crippen LogP contribution in [0.4, 0.5) is 11.5 Å². The van der Waals surface area contributed by atoms with Crippen molar-refractivity contribution in [2.75, 3.05) is 23.3 Å². The molecule has 1 saturated carbocycles. The maximum Gasteiger partial charge on any atom is 0.328 e. The van der Waals surface area contributed by atoms with Crippen molar-refractivity contribution in [1.82, 2.24) is 4.98 Å². The average molecular weight is 445 g/mol. The maximum absolute atomic E-state index is 10.8. The number of rotatable bonds is 7. The molecule has 2 N–H and O–H groups in total. The normalized spacial score (nSPS) is 23.2. The van der Waals surface area contributed by atoms with Gasteiger partial charge in [-0.05, 0) is 92.0 Å². The molecule has 1 aliphatic carbocycles. The number of hydrogen-bond donors (Lipinski definition) is 2. The third kappa shape index (κ3) is 6.35. The summed E-state index contributed by atoms with van der Waals surface area (Å²) in [5.41, 5.74) is 2.76. The van der Waals surface area contributed by atoms with Crippen molar-refractivity contribution < 1.29 is 9.90 Å². The number of carbonyl (C=O) groups is 1. The number of anilines is 2. The van der Waals surface area contributed by atoms with Crippen molar-refractivity contribution in [3.63, 3.8) is 0 Å². The number of benzene rings is 1. The summed E-state index contributed by atoms with van der Waals surface area (Å²) < 4.78 is 0. The van der Waals surface area contributed by atoms with Gasteiger partial charge in [-0.25, -0.2) is 9.78 Å². The van der Waals surface area contributed by atoms with Gasteiger partial charge in [-0.1, -0.05) is 12.8 Å². The SMILES string of the molecule is N#Cc1ccc(N2CCCC(C[C@@H]3CCCC[C@H]3Nc3cc(/C=C\C(=O)O)ccn3)C2)cc1. The van der Waals surface area contributed by atoms with Crippen molar-refractivity contribution in [3.8, 4) is 6.07 Å². The first-order chi connectivity index (χ1) is 16.1. The number of aliphatic carboxylic acids is 1. The summed E-state index contributed by atoms with van der Waals surface area (Å²) >= 11 is 0. The fourth-order valence-electron chi connectivity index (χ4n) is 5.33. The molecule has 2 heterocycles. The van der Waals surface area contributed by atoms with Gasteiger partial charge in [-0.15, -0.1) is 0 Å². The Morgan fingerprint density at radius 3 is 2.79 bits per heavy atom. The number of nitrogens with one attached hydrogen (secondary N) is 1. The quantitative estimate of drug-likeness (QED) is 0.561. The molecule has 33 heavy (non-hydrogen) atoms. The average Bonchev–Trinajstić information content (AvgIpc) is 2.84. The van der Waals surface area contributed by atoms with Crippen LogP contribution in [-0.4, -0.2) is 35.2 Å². The zero-order valence-corrected chi connectivity index (χ0v) is 19.0. The standard InChI is InChI=1S/C27H32N4O2/c28-18-21-7-10-24(11-8-21)31-15-3-4-22(19-31)16-23-5-1-2-6-25(23)30-26-17-20(13-14-29-26)9-12-27(32)33/h7-14,17,22-23,25H,1-6,15-16,19H2,(H,29,30)(H,32,33)/b12-9-/t22?,23-,25+/m0/s1. The van der Waals surface area contributed by atoms with Crippen LogP contribution in [0.1, 0.15) is 56.1 Å². The molecule has 0 bridgehead atoms. The summed E-state index contributed by atoms with van der Waals surface area (Å²) in [4.78, 5) is 17.8. The van der Waals surface area contributed by atoms with Crippen LogP contribution in [0.15, 0.2) is 48.7 Å². The zero-order valence-electron chi connectivity index (χ0n) is 19.0. The highest BCUT2D eigenvalue weighted by Crippen LogP contribution is 2.35. The Labute approximate surface area is 196 Å². The largest absolute Gasteiger partial charge is 0.478 e. The van der Waals surface area contributed by atoms with E-state index in [1.54, 1.807) is 12.3 Å². The van der Waals surface area contributed by atoms with Crippen LogP contribution < -0.4 is 10.2 Å². The van der Waals surface area contributed by atoms with Gasteiger partial charge in [0.05, 0.1) is 11.6 Å². The number of aromatic nitrogens is 1.